The smallest absolute Gasteiger partial charge is 0.329 e. The molecule has 0 heterocycles. The van der Waals surface area contributed by atoms with Gasteiger partial charge >= 0.3 is 5.97 Å². The molecule has 0 aliphatic carbocycles. The molecule has 6 nitrogen and oxygen atoms in total. The molecule has 2 amide bonds. The fourth-order valence-electron chi connectivity index (χ4n) is 2.96. The van der Waals surface area contributed by atoms with Crippen molar-refractivity contribution in [3.05, 3.63) is 108 Å². The van der Waals surface area contributed by atoms with Crippen LogP contribution in [-0.4, -0.2) is 30.4 Å². The fraction of sp³-hybridized carbons (Fsp3) is 0.160. The highest BCUT2D eigenvalue weighted by atomic mass is 16.5. The molecule has 3 aromatic rings. The lowest BCUT2D eigenvalue weighted by Crippen LogP contribution is -2.44. The van der Waals surface area contributed by atoms with Crippen molar-refractivity contribution in [3.63, 3.8) is 0 Å². The lowest BCUT2D eigenvalue weighted by molar-refractivity contribution is -0.150. The van der Waals surface area contributed by atoms with Gasteiger partial charge in [-0.15, -0.1) is 0 Å². The second kappa shape index (κ2) is 11.3. The summed E-state index contributed by atoms with van der Waals surface area (Å²) >= 11 is 0. The minimum Gasteiger partial charge on any atom is -0.454 e. The van der Waals surface area contributed by atoms with Crippen LogP contribution in [0.3, 0.4) is 0 Å². The standard InChI is InChI=1S/C25H24N2O4/c28-23(26-17-20-12-6-2-7-13-20)18-31-25(30)22(16-19-10-4-1-5-11-19)27-24(29)21-14-8-3-9-15-21/h1-15,22H,16-18H2,(H,26,28)(H,27,29)/t22-/m0/s1. The van der Waals surface area contributed by atoms with E-state index in [0.717, 1.165) is 11.1 Å². The van der Waals surface area contributed by atoms with Gasteiger partial charge in [-0.25, -0.2) is 4.79 Å². The van der Waals surface area contributed by atoms with Crippen LogP contribution < -0.4 is 10.6 Å². The molecule has 158 valence electrons. The van der Waals surface area contributed by atoms with Gasteiger partial charge in [-0.2, -0.15) is 0 Å². The molecular weight excluding hydrogens is 392 g/mol. The zero-order chi connectivity index (χ0) is 21.9. The van der Waals surface area contributed by atoms with Crippen molar-refractivity contribution < 1.29 is 19.1 Å². The van der Waals surface area contributed by atoms with Crippen molar-refractivity contribution in [1.29, 1.82) is 0 Å². The third-order valence-electron chi connectivity index (χ3n) is 4.59. The molecule has 0 radical (unpaired) electrons. The molecule has 0 spiro atoms. The van der Waals surface area contributed by atoms with Crippen LogP contribution in [0, 0.1) is 0 Å². The summed E-state index contributed by atoms with van der Waals surface area (Å²) in [5.74, 6) is -1.46. The van der Waals surface area contributed by atoms with Gasteiger partial charge in [0, 0.05) is 18.5 Å². The van der Waals surface area contributed by atoms with E-state index in [1.807, 2.05) is 60.7 Å². The summed E-state index contributed by atoms with van der Waals surface area (Å²) in [6.07, 6.45) is 0.254. The first kappa shape index (κ1) is 21.8. The third kappa shape index (κ3) is 7.12. The number of carbonyl (C=O) groups excluding carboxylic acids is 3. The van der Waals surface area contributed by atoms with E-state index in [9.17, 15) is 14.4 Å². The number of hydrogen-bond acceptors (Lipinski definition) is 4. The van der Waals surface area contributed by atoms with Gasteiger partial charge in [0.1, 0.15) is 6.04 Å². The minimum absolute atomic E-state index is 0.254. The van der Waals surface area contributed by atoms with Crippen molar-refractivity contribution >= 4 is 17.8 Å². The Morgan fingerprint density at radius 3 is 1.90 bits per heavy atom. The van der Waals surface area contributed by atoms with Crippen molar-refractivity contribution in [2.24, 2.45) is 0 Å². The molecule has 0 aliphatic rings. The number of ether oxygens (including phenoxy) is 1. The van der Waals surface area contributed by atoms with Gasteiger partial charge < -0.3 is 15.4 Å². The summed E-state index contributed by atoms with van der Waals surface area (Å²) in [4.78, 5) is 37.3. The lowest BCUT2D eigenvalue weighted by Gasteiger charge is -2.18. The minimum atomic E-state index is -0.919. The molecule has 1 atom stereocenters. The normalized spacial score (nSPS) is 11.2. The van der Waals surface area contributed by atoms with Crippen LogP contribution in [0.15, 0.2) is 91.0 Å². The van der Waals surface area contributed by atoms with Crippen LogP contribution >= 0.6 is 0 Å². The molecule has 0 unspecified atom stereocenters. The van der Waals surface area contributed by atoms with E-state index in [0.29, 0.717) is 12.1 Å². The molecule has 0 aromatic heterocycles. The second-order valence-corrected chi connectivity index (χ2v) is 6.95. The summed E-state index contributed by atoms with van der Waals surface area (Å²) in [6.45, 7) is -0.0758. The highest BCUT2D eigenvalue weighted by molar-refractivity contribution is 5.97. The Kier molecular flexibility index (Phi) is 7.94. The van der Waals surface area contributed by atoms with Crippen LogP contribution in [0.5, 0.6) is 0 Å². The molecule has 0 fully saturated rings. The first-order chi connectivity index (χ1) is 15.1. The number of nitrogens with one attached hydrogen (secondary N) is 2. The van der Waals surface area contributed by atoms with Crippen LogP contribution in [0.1, 0.15) is 21.5 Å². The Hall–Kier alpha value is -3.93. The number of rotatable bonds is 9. The Labute approximate surface area is 181 Å². The maximum absolute atomic E-state index is 12.7. The number of hydrogen-bond donors (Lipinski definition) is 2. The maximum Gasteiger partial charge on any atom is 0.329 e. The van der Waals surface area contributed by atoms with Crippen molar-refractivity contribution in [2.75, 3.05) is 6.61 Å². The van der Waals surface area contributed by atoms with Gasteiger partial charge in [0.15, 0.2) is 6.61 Å². The molecule has 3 rings (SSSR count). The predicted molar refractivity (Wildman–Crippen MR) is 117 cm³/mol. The summed E-state index contributed by atoms with van der Waals surface area (Å²) in [5.41, 5.74) is 2.25. The van der Waals surface area contributed by atoms with Gasteiger partial charge in [0.05, 0.1) is 0 Å². The SMILES string of the molecule is O=C(COC(=O)[C@H](Cc1ccccc1)NC(=O)c1ccccc1)NCc1ccccc1. The van der Waals surface area contributed by atoms with Gasteiger partial charge in [0.2, 0.25) is 0 Å². The number of esters is 1. The Balaban J connectivity index is 1.58. The quantitative estimate of drug-likeness (QED) is 0.526. The van der Waals surface area contributed by atoms with Gasteiger partial charge in [0.25, 0.3) is 11.8 Å². The van der Waals surface area contributed by atoms with Gasteiger partial charge in [-0.1, -0.05) is 78.9 Å². The summed E-state index contributed by atoms with van der Waals surface area (Å²) in [5, 5.41) is 5.42. The Bertz CT molecular complexity index is 992. The third-order valence-corrected chi connectivity index (χ3v) is 4.59. The highest BCUT2D eigenvalue weighted by Gasteiger charge is 2.24. The zero-order valence-corrected chi connectivity index (χ0v) is 17.0. The van der Waals surface area contributed by atoms with E-state index in [2.05, 4.69) is 10.6 Å². The highest BCUT2D eigenvalue weighted by Crippen LogP contribution is 2.07. The van der Waals surface area contributed by atoms with Gasteiger partial charge in [-0.05, 0) is 23.3 Å². The first-order valence-electron chi connectivity index (χ1n) is 9.99. The first-order valence-corrected chi connectivity index (χ1v) is 9.99. The fourth-order valence-corrected chi connectivity index (χ4v) is 2.96. The van der Waals surface area contributed by atoms with E-state index in [1.165, 1.54) is 0 Å². The largest absolute Gasteiger partial charge is 0.454 e. The lowest BCUT2D eigenvalue weighted by atomic mass is 10.1. The van der Waals surface area contributed by atoms with Crippen molar-refractivity contribution in [1.82, 2.24) is 10.6 Å². The molecule has 0 saturated carbocycles. The summed E-state index contributed by atoms with van der Waals surface area (Å²) in [7, 11) is 0. The molecular formula is C25H24N2O4. The monoisotopic (exact) mass is 416 g/mol. The number of benzene rings is 3. The number of amides is 2. The molecule has 2 N–H and O–H groups in total. The number of carbonyl (C=O) groups is 3. The average Bonchev–Trinajstić information content (AvgIpc) is 2.82. The van der Waals surface area contributed by atoms with Crippen molar-refractivity contribution in [2.45, 2.75) is 19.0 Å². The molecule has 6 heteroatoms. The van der Waals surface area contributed by atoms with Crippen LogP contribution in [0.4, 0.5) is 0 Å². The second-order valence-electron chi connectivity index (χ2n) is 6.95. The van der Waals surface area contributed by atoms with Crippen molar-refractivity contribution in [3.8, 4) is 0 Å². The zero-order valence-electron chi connectivity index (χ0n) is 17.0. The maximum atomic E-state index is 12.7. The molecule has 0 aliphatic heterocycles. The van der Waals surface area contributed by atoms with E-state index >= 15 is 0 Å². The van der Waals surface area contributed by atoms with E-state index in [1.54, 1.807) is 30.3 Å². The van der Waals surface area contributed by atoms with Gasteiger partial charge in [-0.3, -0.25) is 9.59 Å². The van der Waals surface area contributed by atoms with Crippen LogP contribution in [0.25, 0.3) is 0 Å². The molecule has 3 aromatic carbocycles. The van der Waals surface area contributed by atoms with E-state index in [-0.39, 0.29) is 12.3 Å². The average molecular weight is 416 g/mol. The van der Waals surface area contributed by atoms with E-state index < -0.39 is 24.5 Å². The molecule has 31 heavy (non-hydrogen) atoms. The van der Waals surface area contributed by atoms with Crippen LogP contribution in [0.2, 0.25) is 0 Å². The Morgan fingerprint density at radius 2 is 1.29 bits per heavy atom. The summed E-state index contributed by atoms with van der Waals surface area (Å²) < 4.78 is 5.20. The molecule has 0 saturated heterocycles. The van der Waals surface area contributed by atoms with E-state index in [4.69, 9.17) is 4.74 Å². The summed E-state index contributed by atoms with van der Waals surface area (Å²) in [6, 6.07) is 26.4. The molecule has 0 bridgehead atoms. The topological polar surface area (TPSA) is 84.5 Å². The van der Waals surface area contributed by atoms with Crippen LogP contribution in [-0.2, 0) is 27.3 Å². The Morgan fingerprint density at radius 1 is 0.742 bits per heavy atom. The predicted octanol–water partition coefficient (Wildman–Crippen LogP) is 2.89.